The van der Waals surface area contributed by atoms with Crippen LogP contribution in [0.2, 0.25) is 0 Å². The summed E-state index contributed by atoms with van der Waals surface area (Å²) < 4.78 is 4.69. The highest BCUT2D eigenvalue weighted by atomic mass is 16.5. The summed E-state index contributed by atoms with van der Waals surface area (Å²) in [5, 5.41) is 9.98. The lowest BCUT2D eigenvalue weighted by Gasteiger charge is -2.39. The molecule has 16 heavy (non-hydrogen) atoms. The van der Waals surface area contributed by atoms with E-state index in [1.807, 2.05) is 13.8 Å². The molecule has 1 saturated carbocycles. The molecule has 94 valence electrons. The molecule has 2 atom stereocenters. The second kappa shape index (κ2) is 6.21. The van der Waals surface area contributed by atoms with Crippen molar-refractivity contribution >= 4 is 5.97 Å². The Morgan fingerprint density at radius 2 is 2.06 bits per heavy atom. The number of rotatable bonds is 4. The number of hydrogen-bond acceptors (Lipinski definition) is 4. The van der Waals surface area contributed by atoms with E-state index in [0.717, 1.165) is 25.7 Å². The van der Waals surface area contributed by atoms with Crippen LogP contribution in [0.5, 0.6) is 0 Å². The summed E-state index contributed by atoms with van der Waals surface area (Å²) in [6.07, 6.45) is 3.72. The van der Waals surface area contributed by atoms with E-state index in [1.165, 1.54) is 7.11 Å². The van der Waals surface area contributed by atoms with Gasteiger partial charge in [-0.3, -0.25) is 9.69 Å². The zero-order chi connectivity index (χ0) is 12.1. The molecule has 0 aromatic heterocycles. The minimum Gasteiger partial charge on any atom is -0.468 e. The van der Waals surface area contributed by atoms with E-state index in [2.05, 4.69) is 4.90 Å². The zero-order valence-electron chi connectivity index (χ0n) is 10.5. The smallest absolute Gasteiger partial charge is 0.319 e. The van der Waals surface area contributed by atoms with Crippen LogP contribution in [0.15, 0.2) is 0 Å². The van der Waals surface area contributed by atoms with Crippen LogP contribution in [0.4, 0.5) is 0 Å². The fourth-order valence-electron chi connectivity index (χ4n) is 2.37. The van der Waals surface area contributed by atoms with Gasteiger partial charge in [0.2, 0.25) is 0 Å². The van der Waals surface area contributed by atoms with Crippen molar-refractivity contribution in [3.63, 3.8) is 0 Å². The Hall–Kier alpha value is -0.610. The molecule has 0 saturated heterocycles. The Kier molecular flexibility index (Phi) is 5.22. The summed E-state index contributed by atoms with van der Waals surface area (Å²) in [5.41, 5.74) is 0. The fraction of sp³-hybridized carbons (Fsp3) is 0.917. The first-order chi connectivity index (χ1) is 7.56. The van der Waals surface area contributed by atoms with Gasteiger partial charge in [0.1, 0.15) is 0 Å². The SMILES string of the molecule is COC(=O)CN(C(C)C)C1CCCCC1O. The molecule has 0 spiro atoms. The molecule has 2 unspecified atom stereocenters. The average Bonchev–Trinajstić information content (AvgIpc) is 2.26. The third-order valence-electron chi connectivity index (χ3n) is 3.32. The summed E-state index contributed by atoms with van der Waals surface area (Å²) in [6, 6.07) is 0.352. The van der Waals surface area contributed by atoms with Crippen molar-refractivity contribution in [1.82, 2.24) is 4.90 Å². The molecule has 1 N–H and O–H groups in total. The maximum Gasteiger partial charge on any atom is 0.319 e. The molecule has 0 bridgehead atoms. The van der Waals surface area contributed by atoms with Gasteiger partial charge in [-0.2, -0.15) is 0 Å². The van der Waals surface area contributed by atoms with Crippen molar-refractivity contribution in [2.24, 2.45) is 0 Å². The van der Waals surface area contributed by atoms with E-state index in [0.29, 0.717) is 0 Å². The normalized spacial score (nSPS) is 26.1. The van der Waals surface area contributed by atoms with Crippen LogP contribution in [0, 0.1) is 0 Å². The van der Waals surface area contributed by atoms with Crippen molar-refractivity contribution in [3.8, 4) is 0 Å². The Morgan fingerprint density at radius 3 is 2.56 bits per heavy atom. The number of aliphatic hydroxyl groups excluding tert-OH is 1. The molecule has 0 aromatic carbocycles. The first-order valence-electron chi connectivity index (χ1n) is 6.07. The third kappa shape index (κ3) is 3.46. The van der Waals surface area contributed by atoms with E-state index >= 15 is 0 Å². The number of aliphatic hydroxyl groups is 1. The number of nitrogens with zero attached hydrogens (tertiary/aromatic N) is 1. The summed E-state index contributed by atoms with van der Waals surface area (Å²) in [5.74, 6) is -0.230. The fourth-order valence-corrected chi connectivity index (χ4v) is 2.37. The molecule has 4 heteroatoms. The van der Waals surface area contributed by atoms with Gasteiger partial charge in [0.25, 0.3) is 0 Å². The summed E-state index contributed by atoms with van der Waals surface area (Å²) in [4.78, 5) is 13.4. The van der Waals surface area contributed by atoms with Gasteiger partial charge in [-0.1, -0.05) is 12.8 Å². The predicted molar refractivity (Wildman–Crippen MR) is 62.1 cm³/mol. The van der Waals surface area contributed by atoms with Gasteiger partial charge in [0.15, 0.2) is 0 Å². The minimum absolute atomic E-state index is 0.104. The van der Waals surface area contributed by atoms with Crippen LogP contribution >= 0.6 is 0 Å². The van der Waals surface area contributed by atoms with E-state index in [1.54, 1.807) is 0 Å². The maximum absolute atomic E-state index is 11.3. The van der Waals surface area contributed by atoms with Crippen LogP contribution < -0.4 is 0 Å². The van der Waals surface area contributed by atoms with E-state index in [4.69, 9.17) is 4.74 Å². The molecule has 0 radical (unpaired) electrons. The minimum atomic E-state index is -0.305. The van der Waals surface area contributed by atoms with Crippen molar-refractivity contribution in [1.29, 1.82) is 0 Å². The number of carbonyl (C=O) groups is 1. The van der Waals surface area contributed by atoms with Gasteiger partial charge in [0.05, 0.1) is 19.8 Å². The monoisotopic (exact) mass is 229 g/mol. The highest BCUT2D eigenvalue weighted by molar-refractivity contribution is 5.71. The second-order valence-electron chi connectivity index (χ2n) is 4.76. The van der Waals surface area contributed by atoms with Gasteiger partial charge in [-0.05, 0) is 26.7 Å². The molecule has 4 nitrogen and oxygen atoms in total. The summed E-state index contributed by atoms with van der Waals surface area (Å²) >= 11 is 0. The van der Waals surface area contributed by atoms with Crippen LogP contribution in [-0.2, 0) is 9.53 Å². The first kappa shape index (κ1) is 13.5. The van der Waals surface area contributed by atoms with Crippen molar-refractivity contribution in [3.05, 3.63) is 0 Å². The largest absolute Gasteiger partial charge is 0.468 e. The highest BCUT2D eigenvalue weighted by Gasteiger charge is 2.31. The Balaban J connectivity index is 2.64. The Morgan fingerprint density at radius 1 is 1.44 bits per heavy atom. The highest BCUT2D eigenvalue weighted by Crippen LogP contribution is 2.24. The number of hydrogen-bond donors (Lipinski definition) is 1. The maximum atomic E-state index is 11.3. The molecular weight excluding hydrogens is 206 g/mol. The lowest BCUT2D eigenvalue weighted by Crippen LogP contribution is -2.50. The number of ether oxygens (including phenoxy) is 1. The topological polar surface area (TPSA) is 49.8 Å². The van der Waals surface area contributed by atoms with E-state index in [9.17, 15) is 9.90 Å². The lowest BCUT2D eigenvalue weighted by atomic mass is 9.90. The van der Waals surface area contributed by atoms with Crippen molar-refractivity contribution < 1.29 is 14.6 Å². The van der Waals surface area contributed by atoms with Crippen LogP contribution in [0.3, 0.4) is 0 Å². The standard InChI is InChI=1S/C12H23NO3/c1-9(2)13(8-12(15)16-3)10-6-4-5-7-11(10)14/h9-11,14H,4-8H2,1-3H3. The van der Waals surface area contributed by atoms with Crippen LogP contribution in [0.25, 0.3) is 0 Å². The van der Waals surface area contributed by atoms with Crippen molar-refractivity contribution in [2.45, 2.75) is 57.7 Å². The molecular formula is C12H23NO3. The van der Waals surface area contributed by atoms with Crippen LogP contribution in [0.1, 0.15) is 39.5 Å². The van der Waals surface area contributed by atoms with Crippen molar-refractivity contribution in [2.75, 3.05) is 13.7 Å². The zero-order valence-corrected chi connectivity index (χ0v) is 10.5. The Labute approximate surface area is 97.6 Å². The quantitative estimate of drug-likeness (QED) is 0.735. The molecule has 0 aromatic rings. The average molecular weight is 229 g/mol. The molecule has 1 aliphatic rings. The van der Waals surface area contributed by atoms with Gasteiger partial charge in [-0.25, -0.2) is 0 Å². The molecule has 1 fully saturated rings. The van der Waals surface area contributed by atoms with E-state index in [-0.39, 0.29) is 30.7 Å². The van der Waals surface area contributed by atoms with Gasteiger partial charge < -0.3 is 9.84 Å². The third-order valence-corrected chi connectivity index (χ3v) is 3.32. The molecule has 1 aliphatic carbocycles. The Bertz CT molecular complexity index is 230. The molecule has 0 amide bonds. The first-order valence-corrected chi connectivity index (χ1v) is 6.07. The van der Waals surface area contributed by atoms with Gasteiger partial charge >= 0.3 is 5.97 Å². The number of carbonyl (C=O) groups excluding carboxylic acids is 1. The number of methoxy groups -OCH3 is 1. The number of esters is 1. The molecule has 1 rings (SSSR count). The molecule has 0 aliphatic heterocycles. The lowest BCUT2D eigenvalue weighted by molar-refractivity contribution is -0.144. The van der Waals surface area contributed by atoms with Crippen LogP contribution in [-0.4, -0.2) is 47.8 Å². The van der Waals surface area contributed by atoms with Gasteiger partial charge in [-0.15, -0.1) is 0 Å². The van der Waals surface area contributed by atoms with E-state index < -0.39 is 0 Å². The summed E-state index contributed by atoms with van der Waals surface area (Å²) in [7, 11) is 1.40. The second-order valence-corrected chi connectivity index (χ2v) is 4.76. The molecule has 0 heterocycles. The predicted octanol–water partition coefficient (Wildman–Crippen LogP) is 1.17. The summed E-state index contributed by atoms with van der Waals surface area (Å²) in [6.45, 7) is 4.37. The van der Waals surface area contributed by atoms with Gasteiger partial charge in [0, 0.05) is 12.1 Å².